The van der Waals surface area contributed by atoms with E-state index in [1.165, 1.54) is 56.1 Å². The summed E-state index contributed by atoms with van der Waals surface area (Å²) in [5.74, 6) is 0. The van der Waals surface area contributed by atoms with Crippen LogP contribution in [0.3, 0.4) is 0 Å². The van der Waals surface area contributed by atoms with Crippen molar-refractivity contribution in [3.8, 4) is 11.3 Å². The normalized spacial score (nSPS) is 15.1. The SMILES string of the molecule is Cc1cccc(C)c1-c1cc(C)c(N2c3ccccc3N(c3c(C)cccc3C)[C@H]2C)c(C)n1. The van der Waals surface area contributed by atoms with E-state index >= 15 is 0 Å². The summed E-state index contributed by atoms with van der Waals surface area (Å²) in [5.41, 5.74) is 14.7. The summed E-state index contributed by atoms with van der Waals surface area (Å²) in [6, 6.07) is 24.0. The smallest absolute Gasteiger partial charge is 0.108 e. The molecule has 3 heteroatoms. The number of para-hydroxylation sites is 3. The molecule has 0 saturated heterocycles. The lowest BCUT2D eigenvalue weighted by Crippen LogP contribution is -2.36. The van der Waals surface area contributed by atoms with Crippen molar-refractivity contribution >= 4 is 22.7 Å². The van der Waals surface area contributed by atoms with E-state index in [0.717, 1.165) is 11.4 Å². The van der Waals surface area contributed by atoms with Crippen molar-refractivity contribution < 1.29 is 0 Å². The molecule has 1 aliphatic rings. The van der Waals surface area contributed by atoms with Gasteiger partial charge in [0, 0.05) is 11.3 Å². The van der Waals surface area contributed by atoms with Gasteiger partial charge < -0.3 is 9.80 Å². The molecule has 1 aliphatic heterocycles. The van der Waals surface area contributed by atoms with Crippen LogP contribution < -0.4 is 9.80 Å². The monoisotopic (exact) mass is 447 g/mol. The number of fused-ring (bicyclic) bond motifs is 1. The van der Waals surface area contributed by atoms with Gasteiger partial charge in [0.2, 0.25) is 0 Å². The van der Waals surface area contributed by atoms with Gasteiger partial charge in [-0.15, -0.1) is 0 Å². The van der Waals surface area contributed by atoms with E-state index in [1.807, 2.05) is 0 Å². The molecule has 0 unspecified atom stereocenters. The summed E-state index contributed by atoms with van der Waals surface area (Å²) < 4.78 is 0. The molecule has 0 saturated carbocycles. The maximum atomic E-state index is 5.15. The van der Waals surface area contributed by atoms with Gasteiger partial charge in [-0.25, -0.2) is 0 Å². The first-order valence-electron chi connectivity index (χ1n) is 12.1. The molecule has 0 radical (unpaired) electrons. The Labute approximate surface area is 203 Å². The number of pyridine rings is 1. The highest BCUT2D eigenvalue weighted by molar-refractivity contribution is 5.91. The van der Waals surface area contributed by atoms with Crippen molar-refractivity contribution in [2.75, 3.05) is 9.80 Å². The average Bonchev–Trinajstić information content (AvgIpc) is 3.05. The predicted octanol–water partition coefficient (Wildman–Crippen LogP) is 8.23. The highest BCUT2D eigenvalue weighted by Gasteiger charge is 2.37. The van der Waals surface area contributed by atoms with Gasteiger partial charge in [0.1, 0.15) is 6.17 Å². The minimum absolute atomic E-state index is 0.127. The van der Waals surface area contributed by atoms with Gasteiger partial charge >= 0.3 is 0 Å². The molecule has 0 spiro atoms. The van der Waals surface area contributed by atoms with Gasteiger partial charge in [0.25, 0.3) is 0 Å². The lowest BCUT2D eigenvalue weighted by molar-refractivity contribution is 0.752. The predicted molar refractivity (Wildman–Crippen MR) is 145 cm³/mol. The Bertz CT molecular complexity index is 1340. The standard InChI is InChI=1S/C31H33N3/c1-19-12-10-13-20(2)29(19)26-18-23(5)31(24(6)32-26)34-25(7)33(27-16-8-9-17-28(27)34)30-21(3)14-11-15-22(30)4/h8-18,25H,1-7H3/t25-/m1/s1. The molecule has 3 aromatic carbocycles. The van der Waals surface area contributed by atoms with Crippen molar-refractivity contribution in [2.45, 2.75) is 54.6 Å². The van der Waals surface area contributed by atoms with Gasteiger partial charge in [-0.05, 0) is 94.5 Å². The molecule has 34 heavy (non-hydrogen) atoms. The van der Waals surface area contributed by atoms with Gasteiger partial charge in [-0.2, -0.15) is 0 Å². The molecule has 0 fully saturated rings. The van der Waals surface area contributed by atoms with Gasteiger partial charge in [0.15, 0.2) is 0 Å². The fraction of sp³-hybridized carbons (Fsp3) is 0.258. The van der Waals surface area contributed by atoms with Crippen LogP contribution >= 0.6 is 0 Å². The van der Waals surface area contributed by atoms with Crippen molar-refractivity contribution in [3.63, 3.8) is 0 Å². The molecule has 1 aromatic heterocycles. The van der Waals surface area contributed by atoms with Crippen LogP contribution in [0.25, 0.3) is 11.3 Å². The molecule has 1 atom stereocenters. The molecular formula is C31H33N3. The molecule has 0 amide bonds. The Morgan fingerprint density at radius 1 is 0.588 bits per heavy atom. The van der Waals surface area contributed by atoms with E-state index in [-0.39, 0.29) is 6.17 Å². The zero-order valence-electron chi connectivity index (χ0n) is 21.3. The molecule has 0 N–H and O–H groups in total. The average molecular weight is 448 g/mol. The van der Waals surface area contributed by atoms with Gasteiger partial charge in [0.05, 0.1) is 28.5 Å². The van der Waals surface area contributed by atoms with Gasteiger partial charge in [-0.1, -0.05) is 48.5 Å². The first-order chi connectivity index (χ1) is 16.3. The molecule has 2 heterocycles. The molecule has 5 rings (SSSR count). The number of nitrogens with zero attached hydrogens (tertiary/aromatic N) is 3. The van der Waals surface area contributed by atoms with E-state index in [1.54, 1.807) is 0 Å². The third-order valence-electron chi connectivity index (χ3n) is 7.16. The number of aromatic nitrogens is 1. The van der Waals surface area contributed by atoms with Crippen LogP contribution in [0.2, 0.25) is 0 Å². The third-order valence-corrected chi connectivity index (χ3v) is 7.16. The highest BCUT2D eigenvalue weighted by atomic mass is 15.4. The number of hydrogen-bond acceptors (Lipinski definition) is 3. The Morgan fingerprint density at radius 2 is 1.09 bits per heavy atom. The second kappa shape index (κ2) is 8.32. The summed E-state index contributed by atoms with van der Waals surface area (Å²) >= 11 is 0. The largest absolute Gasteiger partial charge is 0.318 e. The molecule has 3 nitrogen and oxygen atoms in total. The lowest BCUT2D eigenvalue weighted by Gasteiger charge is -2.33. The summed E-state index contributed by atoms with van der Waals surface area (Å²) in [6.45, 7) is 15.4. The number of benzene rings is 3. The number of aryl methyl sites for hydroxylation is 6. The van der Waals surface area contributed by atoms with Crippen LogP contribution in [0.4, 0.5) is 22.7 Å². The molecular weight excluding hydrogens is 414 g/mol. The number of hydrogen-bond donors (Lipinski definition) is 0. The van der Waals surface area contributed by atoms with Crippen LogP contribution in [-0.2, 0) is 0 Å². The van der Waals surface area contributed by atoms with Crippen LogP contribution in [-0.4, -0.2) is 11.1 Å². The van der Waals surface area contributed by atoms with E-state index in [0.29, 0.717) is 0 Å². The van der Waals surface area contributed by atoms with Crippen LogP contribution in [0, 0.1) is 41.5 Å². The topological polar surface area (TPSA) is 19.4 Å². The van der Waals surface area contributed by atoms with Crippen molar-refractivity contribution in [3.05, 3.63) is 100 Å². The van der Waals surface area contributed by atoms with Crippen molar-refractivity contribution in [1.29, 1.82) is 0 Å². The maximum Gasteiger partial charge on any atom is 0.108 e. The van der Waals surface area contributed by atoms with E-state index in [2.05, 4.69) is 125 Å². The zero-order chi connectivity index (χ0) is 24.1. The third kappa shape index (κ3) is 3.38. The second-order valence-electron chi connectivity index (χ2n) is 9.63. The fourth-order valence-corrected chi connectivity index (χ4v) is 5.73. The minimum Gasteiger partial charge on any atom is -0.318 e. The van der Waals surface area contributed by atoms with E-state index in [4.69, 9.17) is 4.98 Å². The number of anilines is 4. The highest BCUT2D eigenvalue weighted by Crippen LogP contribution is 2.50. The summed E-state index contributed by atoms with van der Waals surface area (Å²) in [4.78, 5) is 10.1. The molecule has 4 aromatic rings. The lowest BCUT2D eigenvalue weighted by atomic mass is 9.97. The Hall–Kier alpha value is -3.59. The van der Waals surface area contributed by atoms with E-state index in [9.17, 15) is 0 Å². The number of rotatable bonds is 3. The Morgan fingerprint density at radius 3 is 1.62 bits per heavy atom. The summed E-state index contributed by atoms with van der Waals surface area (Å²) in [7, 11) is 0. The summed E-state index contributed by atoms with van der Waals surface area (Å²) in [6.07, 6.45) is 0.127. The van der Waals surface area contributed by atoms with Crippen LogP contribution in [0.1, 0.15) is 40.4 Å². The first-order valence-corrected chi connectivity index (χ1v) is 12.1. The van der Waals surface area contributed by atoms with Crippen LogP contribution in [0.15, 0.2) is 66.7 Å². The zero-order valence-corrected chi connectivity index (χ0v) is 21.3. The molecule has 0 bridgehead atoms. The Balaban J connectivity index is 1.68. The first kappa shape index (κ1) is 22.2. The van der Waals surface area contributed by atoms with E-state index < -0.39 is 0 Å². The minimum atomic E-state index is 0.127. The molecule has 0 aliphatic carbocycles. The quantitative estimate of drug-likeness (QED) is 0.315. The maximum absolute atomic E-state index is 5.15. The van der Waals surface area contributed by atoms with Crippen molar-refractivity contribution in [2.24, 2.45) is 0 Å². The van der Waals surface area contributed by atoms with Gasteiger partial charge in [-0.3, -0.25) is 4.98 Å². The fourth-order valence-electron chi connectivity index (χ4n) is 5.73. The second-order valence-corrected chi connectivity index (χ2v) is 9.63. The van der Waals surface area contributed by atoms with Crippen LogP contribution in [0.5, 0.6) is 0 Å². The summed E-state index contributed by atoms with van der Waals surface area (Å²) in [5, 5.41) is 0. The molecule has 172 valence electrons. The Kier molecular flexibility index (Phi) is 5.44. The van der Waals surface area contributed by atoms with Crippen molar-refractivity contribution in [1.82, 2.24) is 4.98 Å².